The highest BCUT2D eigenvalue weighted by Crippen LogP contribution is 2.29. The summed E-state index contributed by atoms with van der Waals surface area (Å²) in [6.07, 6.45) is 4.52. The minimum atomic E-state index is -3.64. The van der Waals surface area contributed by atoms with Crippen molar-refractivity contribution in [2.24, 2.45) is 0 Å². The first-order valence-electron chi connectivity index (χ1n) is 11.4. The molecule has 0 atom stereocenters. The van der Waals surface area contributed by atoms with E-state index in [-0.39, 0.29) is 28.5 Å². The zero-order valence-electron chi connectivity index (χ0n) is 19.6. The quantitative estimate of drug-likeness (QED) is 0.515. The molecule has 12 heteroatoms. The van der Waals surface area contributed by atoms with Crippen molar-refractivity contribution in [2.75, 3.05) is 36.2 Å². The normalized spacial score (nSPS) is 16.0. The lowest BCUT2D eigenvalue weighted by atomic mass is 10.2. The number of pyridine rings is 1. The first-order valence-corrected chi connectivity index (χ1v) is 13.3. The predicted octanol–water partition coefficient (Wildman–Crippen LogP) is 2.64. The van der Waals surface area contributed by atoms with Crippen LogP contribution in [0.15, 0.2) is 59.9 Å². The molecule has 0 radical (unpaired) electrons. The predicted molar refractivity (Wildman–Crippen MR) is 134 cm³/mol. The fourth-order valence-electron chi connectivity index (χ4n) is 3.70. The van der Waals surface area contributed by atoms with E-state index in [9.17, 15) is 13.2 Å². The number of urea groups is 1. The highest BCUT2D eigenvalue weighted by Gasteiger charge is 2.25. The lowest BCUT2D eigenvalue weighted by Crippen LogP contribution is -2.35. The van der Waals surface area contributed by atoms with Crippen molar-refractivity contribution in [2.45, 2.75) is 23.9 Å². The largest absolute Gasteiger partial charge is 0.373 e. The summed E-state index contributed by atoms with van der Waals surface area (Å²) in [7, 11) is -3.64. The highest BCUT2D eigenvalue weighted by molar-refractivity contribution is 7.90. The Bertz CT molecular complexity index is 1420. The number of aromatic nitrogens is 4. The number of sulfone groups is 1. The van der Waals surface area contributed by atoms with Crippen molar-refractivity contribution < 1.29 is 17.9 Å². The molecule has 0 spiro atoms. The van der Waals surface area contributed by atoms with E-state index in [1.54, 1.807) is 36.4 Å². The van der Waals surface area contributed by atoms with Gasteiger partial charge in [-0.3, -0.25) is 0 Å². The molecule has 0 bridgehead atoms. The third-order valence-electron chi connectivity index (χ3n) is 5.65. The summed E-state index contributed by atoms with van der Waals surface area (Å²) in [4.78, 5) is 31.8. The Morgan fingerprint density at radius 3 is 2.56 bits per heavy atom. The SMILES string of the molecule is C=C1COCCN1c1nc(-c2ccc(NC(=O)NC3CC3)cc2)nc(-c2cccnc2S(C)(=O)=O)n1. The average Bonchev–Trinajstić information content (AvgIpc) is 3.68. The van der Waals surface area contributed by atoms with Crippen LogP contribution in [0, 0.1) is 0 Å². The molecule has 2 amide bonds. The molecule has 2 aromatic heterocycles. The van der Waals surface area contributed by atoms with Gasteiger partial charge < -0.3 is 20.3 Å². The molecule has 1 aliphatic carbocycles. The van der Waals surface area contributed by atoms with Gasteiger partial charge in [-0.1, -0.05) is 6.58 Å². The van der Waals surface area contributed by atoms with Crippen molar-refractivity contribution in [1.82, 2.24) is 25.3 Å². The van der Waals surface area contributed by atoms with E-state index >= 15 is 0 Å². The second kappa shape index (κ2) is 9.63. The summed E-state index contributed by atoms with van der Waals surface area (Å²) in [5, 5.41) is 5.57. The van der Waals surface area contributed by atoms with Gasteiger partial charge >= 0.3 is 6.03 Å². The Balaban J connectivity index is 1.54. The Morgan fingerprint density at radius 1 is 1.11 bits per heavy atom. The van der Waals surface area contributed by atoms with Crippen molar-refractivity contribution in [1.29, 1.82) is 0 Å². The van der Waals surface area contributed by atoms with Crippen molar-refractivity contribution >= 4 is 27.5 Å². The van der Waals surface area contributed by atoms with E-state index in [0.29, 0.717) is 48.5 Å². The number of anilines is 2. The zero-order chi connectivity index (χ0) is 25.3. The zero-order valence-corrected chi connectivity index (χ0v) is 20.5. The van der Waals surface area contributed by atoms with Crippen LogP contribution < -0.4 is 15.5 Å². The number of carbonyl (C=O) groups excluding carboxylic acids is 1. The lowest BCUT2D eigenvalue weighted by Gasteiger charge is -2.29. The molecule has 2 N–H and O–H groups in total. The van der Waals surface area contributed by atoms with Gasteiger partial charge in [0.25, 0.3) is 0 Å². The molecule has 2 fully saturated rings. The van der Waals surface area contributed by atoms with E-state index in [4.69, 9.17) is 4.74 Å². The number of hydrogen-bond donors (Lipinski definition) is 2. The molecule has 36 heavy (non-hydrogen) atoms. The maximum Gasteiger partial charge on any atom is 0.319 e. The minimum absolute atomic E-state index is 0.116. The van der Waals surface area contributed by atoms with Gasteiger partial charge in [0, 0.05) is 42.0 Å². The molecule has 1 aromatic carbocycles. The van der Waals surface area contributed by atoms with Crippen LogP contribution in [0.1, 0.15) is 12.8 Å². The molecule has 0 unspecified atom stereocenters. The van der Waals surface area contributed by atoms with Crippen molar-refractivity contribution in [3.05, 3.63) is 54.9 Å². The van der Waals surface area contributed by atoms with E-state index in [2.05, 4.69) is 37.1 Å². The molecule has 1 aliphatic heterocycles. The smallest absolute Gasteiger partial charge is 0.319 e. The number of nitrogens with zero attached hydrogens (tertiary/aromatic N) is 5. The van der Waals surface area contributed by atoms with Gasteiger partial charge in [0.15, 0.2) is 26.5 Å². The van der Waals surface area contributed by atoms with Gasteiger partial charge in [0.1, 0.15) is 0 Å². The second-order valence-corrected chi connectivity index (χ2v) is 10.6. The number of amides is 2. The van der Waals surface area contributed by atoms with Crippen LogP contribution in [-0.2, 0) is 14.6 Å². The van der Waals surface area contributed by atoms with Crippen LogP contribution in [0.3, 0.4) is 0 Å². The van der Waals surface area contributed by atoms with Crippen LogP contribution in [0.25, 0.3) is 22.8 Å². The topological polar surface area (TPSA) is 139 Å². The summed E-state index contributed by atoms with van der Waals surface area (Å²) in [6.45, 7) is 5.34. The highest BCUT2D eigenvalue weighted by atomic mass is 32.2. The van der Waals surface area contributed by atoms with Crippen LogP contribution in [0.2, 0.25) is 0 Å². The number of rotatable bonds is 6. The Hall–Kier alpha value is -3.90. The molecular weight excluding hydrogens is 482 g/mol. The Kier molecular flexibility index (Phi) is 6.37. The Morgan fingerprint density at radius 2 is 1.86 bits per heavy atom. The van der Waals surface area contributed by atoms with Crippen LogP contribution in [-0.4, -0.2) is 66.4 Å². The summed E-state index contributed by atoms with van der Waals surface area (Å²) < 4.78 is 30.3. The van der Waals surface area contributed by atoms with E-state index in [1.165, 1.54) is 6.20 Å². The fraction of sp³-hybridized carbons (Fsp3) is 0.292. The molecular formula is C24H25N7O4S. The molecule has 3 heterocycles. The average molecular weight is 508 g/mol. The van der Waals surface area contributed by atoms with E-state index in [0.717, 1.165) is 19.1 Å². The fourth-order valence-corrected chi connectivity index (χ4v) is 4.51. The number of carbonyl (C=O) groups is 1. The van der Waals surface area contributed by atoms with Crippen molar-refractivity contribution in [3.8, 4) is 22.8 Å². The van der Waals surface area contributed by atoms with Gasteiger partial charge in [-0.05, 0) is 49.2 Å². The minimum Gasteiger partial charge on any atom is -0.373 e. The molecule has 11 nitrogen and oxygen atoms in total. The summed E-state index contributed by atoms with van der Waals surface area (Å²) in [5.74, 6) is 0.845. The summed E-state index contributed by atoms with van der Waals surface area (Å²) >= 11 is 0. The van der Waals surface area contributed by atoms with Gasteiger partial charge in [0.2, 0.25) is 5.95 Å². The van der Waals surface area contributed by atoms with Gasteiger partial charge in [-0.15, -0.1) is 0 Å². The molecule has 3 aromatic rings. The standard InChI is InChI=1S/C24H25N7O4S/c1-15-14-35-13-12-31(15)23-29-20(16-5-7-17(8-6-16)26-24(32)27-18-9-10-18)28-21(30-23)19-4-3-11-25-22(19)36(2,33)34/h3-8,11,18H,1,9-10,12-14H2,2H3,(H2,26,27,32). The van der Waals surface area contributed by atoms with Crippen molar-refractivity contribution in [3.63, 3.8) is 0 Å². The summed E-state index contributed by atoms with van der Waals surface area (Å²) in [6, 6.07) is 10.3. The number of benzene rings is 1. The van der Waals surface area contributed by atoms with Crippen LogP contribution in [0.4, 0.5) is 16.4 Å². The first-order chi connectivity index (χ1) is 17.3. The monoisotopic (exact) mass is 507 g/mol. The van der Waals surface area contributed by atoms with Crippen LogP contribution in [0.5, 0.6) is 0 Å². The van der Waals surface area contributed by atoms with E-state index < -0.39 is 9.84 Å². The molecule has 2 aliphatic rings. The third kappa shape index (κ3) is 5.34. The number of morpholine rings is 1. The molecule has 5 rings (SSSR count). The molecule has 1 saturated heterocycles. The maximum atomic E-state index is 12.4. The number of nitrogens with one attached hydrogen (secondary N) is 2. The number of hydrogen-bond acceptors (Lipinski definition) is 9. The molecule has 186 valence electrons. The van der Waals surface area contributed by atoms with Crippen LogP contribution >= 0.6 is 0 Å². The second-order valence-electron chi connectivity index (χ2n) is 8.63. The Labute approximate surface area is 208 Å². The third-order valence-corrected chi connectivity index (χ3v) is 6.68. The summed E-state index contributed by atoms with van der Waals surface area (Å²) in [5.41, 5.74) is 2.25. The molecule has 1 saturated carbocycles. The number of ether oxygens (including phenoxy) is 1. The van der Waals surface area contributed by atoms with Gasteiger partial charge in [-0.2, -0.15) is 9.97 Å². The van der Waals surface area contributed by atoms with Gasteiger partial charge in [0.05, 0.1) is 18.8 Å². The first kappa shape index (κ1) is 23.8. The maximum absolute atomic E-state index is 12.4. The lowest BCUT2D eigenvalue weighted by molar-refractivity contribution is 0.142. The van der Waals surface area contributed by atoms with Gasteiger partial charge in [-0.25, -0.2) is 23.2 Å². The van der Waals surface area contributed by atoms with E-state index in [1.807, 2.05) is 4.90 Å².